The van der Waals surface area contributed by atoms with E-state index in [0.717, 1.165) is 29.5 Å². The molecule has 5 nitrogen and oxygen atoms in total. The molecular formula is C16H14N4OS. The van der Waals surface area contributed by atoms with Crippen molar-refractivity contribution in [1.29, 1.82) is 0 Å². The van der Waals surface area contributed by atoms with E-state index in [1.165, 1.54) is 27.9 Å². The first kappa shape index (κ1) is 13.3. The summed E-state index contributed by atoms with van der Waals surface area (Å²) in [6.45, 7) is 0. The van der Waals surface area contributed by atoms with E-state index in [2.05, 4.69) is 15.1 Å². The molecule has 3 aromatic heterocycles. The van der Waals surface area contributed by atoms with E-state index in [-0.39, 0.29) is 5.56 Å². The van der Waals surface area contributed by atoms with Gasteiger partial charge >= 0.3 is 0 Å². The molecule has 22 heavy (non-hydrogen) atoms. The Bertz CT molecular complexity index is 911. The summed E-state index contributed by atoms with van der Waals surface area (Å²) in [7, 11) is 0. The van der Waals surface area contributed by atoms with Crippen molar-refractivity contribution < 1.29 is 0 Å². The summed E-state index contributed by atoms with van der Waals surface area (Å²) >= 11 is 1.65. The number of aromatic nitrogens is 3. The van der Waals surface area contributed by atoms with Crippen molar-refractivity contribution in [1.82, 2.24) is 14.6 Å². The van der Waals surface area contributed by atoms with E-state index in [4.69, 9.17) is 0 Å². The minimum atomic E-state index is -0.0865. The number of hydrogen-bond donors (Lipinski definition) is 0. The fraction of sp³-hybridized carbons (Fsp3) is 0.250. The van der Waals surface area contributed by atoms with Crippen LogP contribution >= 0.6 is 11.3 Å². The van der Waals surface area contributed by atoms with Gasteiger partial charge in [-0.05, 0) is 43.4 Å². The van der Waals surface area contributed by atoms with E-state index >= 15 is 0 Å². The normalized spacial score (nSPS) is 14.5. The maximum atomic E-state index is 12.7. The highest BCUT2D eigenvalue weighted by Crippen LogP contribution is 2.33. The Balaban J connectivity index is 1.81. The summed E-state index contributed by atoms with van der Waals surface area (Å²) in [5.74, 6) is 0. The molecule has 0 aromatic carbocycles. The molecule has 0 atom stereocenters. The van der Waals surface area contributed by atoms with Crippen LogP contribution in [0.15, 0.2) is 40.6 Å². The molecule has 110 valence electrons. The minimum Gasteiger partial charge on any atom is -0.267 e. The van der Waals surface area contributed by atoms with Crippen LogP contribution < -0.4 is 5.56 Å². The molecule has 4 rings (SSSR count). The number of fused-ring (bicyclic) bond motifs is 3. The highest BCUT2D eigenvalue weighted by Gasteiger charge is 2.19. The molecule has 0 fully saturated rings. The van der Waals surface area contributed by atoms with Crippen LogP contribution in [0.5, 0.6) is 0 Å². The van der Waals surface area contributed by atoms with Crippen molar-refractivity contribution in [3.8, 4) is 0 Å². The third-order valence-corrected chi connectivity index (χ3v) is 5.06. The summed E-state index contributed by atoms with van der Waals surface area (Å²) in [5.41, 5.74) is 1.81. The van der Waals surface area contributed by atoms with Crippen molar-refractivity contribution in [2.24, 2.45) is 5.10 Å². The van der Waals surface area contributed by atoms with Crippen molar-refractivity contribution in [3.05, 3.63) is 57.2 Å². The molecule has 0 amide bonds. The van der Waals surface area contributed by atoms with Crippen LogP contribution in [0.1, 0.15) is 29.0 Å². The van der Waals surface area contributed by atoms with Gasteiger partial charge in [-0.25, -0.2) is 4.98 Å². The molecule has 0 radical (unpaired) electrons. The van der Waals surface area contributed by atoms with Crippen LogP contribution in [-0.2, 0) is 12.8 Å². The molecule has 3 aromatic rings. The monoisotopic (exact) mass is 310 g/mol. The fourth-order valence-electron chi connectivity index (χ4n) is 2.79. The summed E-state index contributed by atoms with van der Waals surface area (Å²) in [4.78, 5) is 23.4. The second-order valence-corrected chi connectivity index (χ2v) is 6.37. The van der Waals surface area contributed by atoms with Gasteiger partial charge in [-0.2, -0.15) is 9.78 Å². The van der Waals surface area contributed by atoms with Gasteiger partial charge in [0.15, 0.2) is 0 Å². The maximum absolute atomic E-state index is 12.7. The van der Waals surface area contributed by atoms with E-state index in [1.807, 2.05) is 18.2 Å². The van der Waals surface area contributed by atoms with Crippen LogP contribution in [0.25, 0.3) is 10.2 Å². The lowest BCUT2D eigenvalue weighted by molar-refractivity contribution is 0.699. The van der Waals surface area contributed by atoms with Crippen molar-refractivity contribution >= 4 is 27.8 Å². The lowest BCUT2D eigenvalue weighted by Crippen LogP contribution is -2.18. The molecular weight excluding hydrogens is 296 g/mol. The molecule has 0 N–H and O–H groups in total. The molecule has 3 heterocycles. The van der Waals surface area contributed by atoms with Gasteiger partial charge in [0, 0.05) is 11.1 Å². The topological polar surface area (TPSA) is 60.1 Å². The molecule has 0 aliphatic heterocycles. The molecule has 0 unspecified atom stereocenters. The molecule has 0 spiro atoms. The molecule has 6 heteroatoms. The van der Waals surface area contributed by atoms with E-state index < -0.39 is 0 Å². The Morgan fingerprint density at radius 3 is 3.00 bits per heavy atom. The Morgan fingerprint density at radius 1 is 1.23 bits per heavy atom. The predicted octanol–water partition coefficient (Wildman–Crippen LogP) is 2.61. The third-order valence-electron chi connectivity index (χ3n) is 3.86. The highest BCUT2D eigenvalue weighted by molar-refractivity contribution is 7.18. The zero-order valence-electron chi connectivity index (χ0n) is 11.9. The average Bonchev–Trinajstić information content (AvgIpc) is 2.94. The third kappa shape index (κ3) is 2.25. The van der Waals surface area contributed by atoms with Crippen LogP contribution in [-0.4, -0.2) is 20.9 Å². The number of pyridine rings is 1. The van der Waals surface area contributed by atoms with Gasteiger partial charge in [0.1, 0.15) is 11.2 Å². The summed E-state index contributed by atoms with van der Waals surface area (Å²) < 4.78 is 1.30. The zero-order chi connectivity index (χ0) is 14.9. The van der Waals surface area contributed by atoms with Crippen LogP contribution in [0.4, 0.5) is 0 Å². The quantitative estimate of drug-likeness (QED) is 0.684. The number of rotatable bonds is 2. The largest absolute Gasteiger partial charge is 0.282 e. The van der Waals surface area contributed by atoms with Crippen molar-refractivity contribution in [2.75, 3.05) is 0 Å². The molecule has 1 aliphatic rings. The minimum absolute atomic E-state index is 0.0865. The van der Waals surface area contributed by atoms with Gasteiger partial charge in [-0.15, -0.1) is 11.3 Å². The Kier molecular flexibility index (Phi) is 3.31. The van der Waals surface area contributed by atoms with Crippen LogP contribution in [0.2, 0.25) is 0 Å². The van der Waals surface area contributed by atoms with E-state index in [9.17, 15) is 4.79 Å². The summed E-state index contributed by atoms with van der Waals surface area (Å²) in [6, 6.07) is 5.57. The van der Waals surface area contributed by atoms with Crippen LogP contribution in [0.3, 0.4) is 0 Å². The SMILES string of the molecule is O=c1c2c3c(sc2ncn1/N=C\c1ccccn1)CCCC3. The number of nitrogens with zero attached hydrogens (tertiary/aromatic N) is 4. The van der Waals surface area contributed by atoms with Gasteiger partial charge in [0.05, 0.1) is 17.3 Å². The van der Waals surface area contributed by atoms with Crippen LogP contribution in [0, 0.1) is 0 Å². The van der Waals surface area contributed by atoms with Crippen molar-refractivity contribution in [3.63, 3.8) is 0 Å². The fourth-order valence-corrected chi connectivity index (χ4v) is 4.01. The zero-order valence-corrected chi connectivity index (χ0v) is 12.7. The first-order valence-corrected chi connectivity index (χ1v) is 8.12. The molecule has 0 saturated heterocycles. The maximum Gasteiger partial charge on any atom is 0.282 e. The van der Waals surface area contributed by atoms with Crippen molar-refractivity contribution in [2.45, 2.75) is 25.7 Å². The van der Waals surface area contributed by atoms with Gasteiger partial charge in [0.2, 0.25) is 0 Å². The van der Waals surface area contributed by atoms with Gasteiger partial charge in [-0.3, -0.25) is 9.78 Å². The highest BCUT2D eigenvalue weighted by atomic mass is 32.1. The smallest absolute Gasteiger partial charge is 0.267 e. The first-order chi connectivity index (χ1) is 10.8. The molecule has 1 aliphatic carbocycles. The second-order valence-electron chi connectivity index (χ2n) is 5.28. The van der Waals surface area contributed by atoms with Gasteiger partial charge < -0.3 is 0 Å². The lowest BCUT2D eigenvalue weighted by atomic mass is 9.97. The predicted molar refractivity (Wildman–Crippen MR) is 87.8 cm³/mol. The number of hydrogen-bond acceptors (Lipinski definition) is 5. The molecule has 0 saturated carbocycles. The summed E-state index contributed by atoms with van der Waals surface area (Å²) in [6.07, 6.45) is 9.14. The Hall–Kier alpha value is -2.34. The Morgan fingerprint density at radius 2 is 2.14 bits per heavy atom. The second kappa shape index (κ2) is 5.46. The molecule has 0 bridgehead atoms. The standard InChI is InChI=1S/C16H14N4OS/c21-16-14-12-6-1-2-7-13(12)22-15(14)18-10-20(16)19-9-11-5-3-4-8-17-11/h3-5,8-10H,1-2,6-7H2/b19-9-. The van der Waals surface area contributed by atoms with Gasteiger partial charge in [-0.1, -0.05) is 6.07 Å². The average molecular weight is 310 g/mol. The number of aryl methyl sites for hydroxylation is 2. The first-order valence-electron chi connectivity index (χ1n) is 7.30. The van der Waals surface area contributed by atoms with E-state index in [0.29, 0.717) is 5.69 Å². The number of thiophene rings is 1. The van der Waals surface area contributed by atoms with Gasteiger partial charge in [0.25, 0.3) is 5.56 Å². The Labute approximate surface area is 131 Å². The lowest BCUT2D eigenvalue weighted by Gasteiger charge is -2.09. The summed E-state index contributed by atoms with van der Waals surface area (Å²) in [5, 5.41) is 4.96. The van der Waals surface area contributed by atoms with E-state index in [1.54, 1.807) is 23.7 Å².